The molecule has 0 aliphatic heterocycles. The van der Waals surface area contributed by atoms with Crippen molar-refractivity contribution in [1.82, 2.24) is 0 Å². The minimum absolute atomic E-state index is 0. The summed E-state index contributed by atoms with van der Waals surface area (Å²) in [4.78, 5) is 10.4. The summed E-state index contributed by atoms with van der Waals surface area (Å²) in [5, 5.41) is 18.8. The smallest absolute Gasteiger partial charge is 0.481 e. The fraction of sp³-hybridized carbons (Fsp3) is 0.944. The normalized spacial score (nSPS) is 24.2. The van der Waals surface area contributed by atoms with E-state index in [2.05, 4.69) is 6.92 Å². The molecule has 1 rings (SSSR count). The second-order valence-electron chi connectivity index (χ2n) is 6.76. The van der Waals surface area contributed by atoms with Crippen LogP contribution < -0.4 is 29.6 Å². The minimum Gasteiger partial charge on any atom is -0.481 e. The Kier molecular flexibility index (Phi) is 14.1. The summed E-state index contributed by atoms with van der Waals surface area (Å²) < 4.78 is 0. The van der Waals surface area contributed by atoms with Gasteiger partial charge in [0.1, 0.15) is 0 Å². The Morgan fingerprint density at radius 2 is 1.59 bits per heavy atom. The fourth-order valence-corrected chi connectivity index (χ4v) is 3.76. The fourth-order valence-electron chi connectivity index (χ4n) is 3.76. The van der Waals surface area contributed by atoms with Crippen LogP contribution in [0.25, 0.3) is 0 Å². The Labute approximate surface area is 158 Å². The van der Waals surface area contributed by atoms with Crippen LogP contribution in [-0.4, -0.2) is 22.3 Å². The molecule has 124 valence electrons. The van der Waals surface area contributed by atoms with Crippen LogP contribution in [0, 0.1) is 11.8 Å². The van der Waals surface area contributed by atoms with Gasteiger partial charge in [0.05, 0.1) is 6.10 Å². The number of unbranched alkanes of at least 4 members (excludes halogenated alkanes) is 6. The van der Waals surface area contributed by atoms with Gasteiger partial charge in [-0.2, -0.15) is 0 Å². The third-order valence-electron chi connectivity index (χ3n) is 5.04. The molecule has 1 fully saturated rings. The van der Waals surface area contributed by atoms with Crippen molar-refractivity contribution in [3.8, 4) is 0 Å². The number of carboxylic acid groups (broad SMARTS) is 1. The van der Waals surface area contributed by atoms with Gasteiger partial charge in [-0.05, 0) is 37.5 Å². The van der Waals surface area contributed by atoms with E-state index >= 15 is 0 Å². The van der Waals surface area contributed by atoms with E-state index in [1.807, 2.05) is 0 Å². The van der Waals surface area contributed by atoms with Crippen LogP contribution in [0.1, 0.15) is 90.4 Å². The zero-order chi connectivity index (χ0) is 15.5. The molecular formula is C18H34NaO3+. The number of hydrogen-bond donors (Lipinski definition) is 2. The molecule has 0 saturated heterocycles. The first-order chi connectivity index (χ1) is 10.1. The van der Waals surface area contributed by atoms with Gasteiger partial charge in [0.25, 0.3) is 0 Å². The summed E-state index contributed by atoms with van der Waals surface area (Å²) in [6.45, 7) is 2.24. The van der Waals surface area contributed by atoms with Crippen LogP contribution in [0.2, 0.25) is 0 Å². The van der Waals surface area contributed by atoms with Crippen molar-refractivity contribution in [3.05, 3.63) is 0 Å². The van der Waals surface area contributed by atoms with Gasteiger partial charge in [-0.1, -0.05) is 58.3 Å². The zero-order valence-electron chi connectivity index (χ0n) is 14.7. The number of hydrogen-bond acceptors (Lipinski definition) is 2. The van der Waals surface area contributed by atoms with Crippen molar-refractivity contribution in [2.75, 3.05) is 0 Å². The van der Waals surface area contributed by atoms with Gasteiger partial charge in [0.2, 0.25) is 0 Å². The number of carboxylic acids is 1. The molecule has 4 heteroatoms. The molecule has 0 aromatic carbocycles. The van der Waals surface area contributed by atoms with Crippen molar-refractivity contribution < 1.29 is 44.6 Å². The first kappa shape index (κ1) is 22.4. The van der Waals surface area contributed by atoms with E-state index in [1.165, 1.54) is 38.5 Å². The molecule has 0 heterocycles. The molecule has 0 radical (unpaired) electrons. The molecule has 3 atom stereocenters. The Balaban J connectivity index is 0.00000441. The summed E-state index contributed by atoms with van der Waals surface area (Å²) in [5.41, 5.74) is 0. The molecule has 1 aliphatic rings. The molecular weight excluding hydrogens is 287 g/mol. The van der Waals surface area contributed by atoms with Crippen LogP contribution in [0.15, 0.2) is 0 Å². The molecule has 1 aliphatic carbocycles. The third-order valence-corrected chi connectivity index (χ3v) is 5.04. The molecule has 0 bridgehead atoms. The van der Waals surface area contributed by atoms with Crippen molar-refractivity contribution in [3.63, 3.8) is 0 Å². The molecule has 1 saturated carbocycles. The summed E-state index contributed by atoms with van der Waals surface area (Å²) in [7, 11) is 0. The quantitative estimate of drug-likeness (QED) is 0.425. The molecule has 0 aromatic rings. The van der Waals surface area contributed by atoms with Crippen molar-refractivity contribution in [1.29, 1.82) is 0 Å². The molecule has 22 heavy (non-hydrogen) atoms. The molecule has 0 aromatic heterocycles. The monoisotopic (exact) mass is 321 g/mol. The number of aliphatic hydroxyl groups is 1. The number of carbonyl (C=O) groups is 1. The van der Waals surface area contributed by atoms with Crippen molar-refractivity contribution in [2.24, 2.45) is 11.8 Å². The number of rotatable bonds is 12. The maximum absolute atomic E-state index is 10.4. The molecule has 1 unspecified atom stereocenters. The van der Waals surface area contributed by atoms with Gasteiger partial charge in [-0.15, -0.1) is 0 Å². The molecule has 2 N–H and O–H groups in total. The second kappa shape index (κ2) is 13.8. The van der Waals surface area contributed by atoms with Crippen LogP contribution in [0.5, 0.6) is 0 Å². The van der Waals surface area contributed by atoms with Gasteiger partial charge in [-0.25, -0.2) is 0 Å². The number of aliphatic carboxylic acids is 1. The summed E-state index contributed by atoms with van der Waals surface area (Å²) in [5.74, 6) is 0.551. The van der Waals surface area contributed by atoms with Crippen LogP contribution in [0.3, 0.4) is 0 Å². The Morgan fingerprint density at radius 3 is 2.27 bits per heavy atom. The van der Waals surface area contributed by atoms with Crippen molar-refractivity contribution in [2.45, 2.75) is 96.5 Å². The van der Waals surface area contributed by atoms with Gasteiger partial charge < -0.3 is 10.2 Å². The predicted molar refractivity (Wildman–Crippen MR) is 86.3 cm³/mol. The molecule has 0 spiro atoms. The summed E-state index contributed by atoms with van der Waals surface area (Å²) >= 11 is 0. The van der Waals surface area contributed by atoms with Crippen LogP contribution in [0.4, 0.5) is 0 Å². The average molecular weight is 321 g/mol. The summed E-state index contributed by atoms with van der Waals surface area (Å²) in [6, 6.07) is 0. The Morgan fingerprint density at radius 1 is 0.955 bits per heavy atom. The van der Waals surface area contributed by atoms with Crippen molar-refractivity contribution >= 4 is 5.97 Å². The summed E-state index contributed by atoms with van der Waals surface area (Å²) in [6.07, 6.45) is 14.2. The SMILES string of the molecule is CCCCCC[C@H]1CCC(O)[C@@H]1CCCCCCC(=O)O.[Na+]. The molecule has 3 nitrogen and oxygen atoms in total. The maximum atomic E-state index is 10.4. The first-order valence-electron chi connectivity index (χ1n) is 9.05. The van der Waals surface area contributed by atoms with Gasteiger partial charge in [0.15, 0.2) is 0 Å². The average Bonchev–Trinajstić information content (AvgIpc) is 2.79. The number of aliphatic hydroxyl groups excluding tert-OH is 1. The zero-order valence-corrected chi connectivity index (χ0v) is 16.7. The van der Waals surface area contributed by atoms with E-state index in [-0.39, 0.29) is 35.7 Å². The Hall–Kier alpha value is 0.430. The molecule has 0 amide bonds. The van der Waals surface area contributed by atoms with Crippen LogP contribution >= 0.6 is 0 Å². The van der Waals surface area contributed by atoms with Gasteiger partial charge in [-0.3, -0.25) is 4.79 Å². The maximum Gasteiger partial charge on any atom is 1.00 e. The van der Waals surface area contributed by atoms with Crippen LogP contribution in [-0.2, 0) is 4.79 Å². The van der Waals surface area contributed by atoms with E-state index in [0.29, 0.717) is 12.3 Å². The van der Waals surface area contributed by atoms with E-state index in [1.54, 1.807) is 0 Å². The second-order valence-corrected chi connectivity index (χ2v) is 6.76. The van der Waals surface area contributed by atoms with E-state index in [9.17, 15) is 9.90 Å². The predicted octanol–water partition coefficient (Wildman–Crippen LogP) is 1.77. The van der Waals surface area contributed by atoms with E-state index in [0.717, 1.165) is 44.4 Å². The van der Waals surface area contributed by atoms with E-state index in [4.69, 9.17) is 5.11 Å². The van der Waals surface area contributed by atoms with Gasteiger partial charge in [0, 0.05) is 6.42 Å². The topological polar surface area (TPSA) is 57.5 Å². The first-order valence-corrected chi connectivity index (χ1v) is 9.05. The Bertz CT molecular complexity index is 284. The third kappa shape index (κ3) is 9.54. The van der Waals surface area contributed by atoms with E-state index < -0.39 is 5.97 Å². The standard InChI is InChI=1S/C18H34O3.Na/c1-2-3-4-7-10-15-13-14-17(19)16(15)11-8-5-6-9-12-18(20)21;/h15-17,19H,2-14H2,1H3,(H,20,21);/q;+1/t15-,16+,17?;/m0./s1. The largest absolute Gasteiger partial charge is 1.00 e. The minimum atomic E-state index is -0.687. The van der Waals surface area contributed by atoms with Gasteiger partial charge >= 0.3 is 35.5 Å².